The number of hydrogen-bond acceptors (Lipinski definition) is 7. The Bertz CT molecular complexity index is 1020. The molecular formula is C22H26ClN7O. The van der Waals surface area contributed by atoms with Crippen molar-refractivity contribution in [3.8, 4) is 5.88 Å². The van der Waals surface area contributed by atoms with Crippen LogP contribution in [-0.2, 0) is 13.0 Å². The lowest BCUT2D eigenvalue weighted by atomic mass is 9.97. The van der Waals surface area contributed by atoms with Gasteiger partial charge in [-0.2, -0.15) is 4.98 Å². The van der Waals surface area contributed by atoms with E-state index in [2.05, 4.69) is 48.2 Å². The van der Waals surface area contributed by atoms with Crippen LogP contribution >= 0.6 is 11.6 Å². The number of hydrogen-bond donors (Lipinski definition) is 2. The second kappa shape index (κ2) is 8.72. The molecule has 0 saturated carbocycles. The van der Waals surface area contributed by atoms with Crippen LogP contribution in [0, 0.1) is 0 Å². The summed E-state index contributed by atoms with van der Waals surface area (Å²) < 4.78 is 6.14. The van der Waals surface area contributed by atoms with Crippen molar-refractivity contribution in [2.45, 2.75) is 37.9 Å². The number of ether oxygens (including phenoxy) is 1. The monoisotopic (exact) mass is 439 g/mol. The molecule has 1 fully saturated rings. The normalized spacial score (nSPS) is 20.2. The van der Waals surface area contributed by atoms with Crippen LogP contribution in [0.2, 0.25) is 5.02 Å². The summed E-state index contributed by atoms with van der Waals surface area (Å²) in [5.41, 5.74) is 8.10. The molecule has 1 saturated heterocycles. The smallest absolute Gasteiger partial charge is 0.246 e. The number of nitrogens with two attached hydrogens (primary N) is 1. The Morgan fingerprint density at radius 2 is 1.97 bits per heavy atom. The molecule has 9 heteroatoms. The van der Waals surface area contributed by atoms with Crippen LogP contribution in [-0.4, -0.2) is 56.8 Å². The highest BCUT2D eigenvalue weighted by atomic mass is 35.5. The Labute approximate surface area is 186 Å². The third kappa shape index (κ3) is 4.45. The number of nitrogens with zero attached hydrogens (tertiary/aromatic N) is 5. The first-order valence-corrected chi connectivity index (χ1v) is 11.0. The highest BCUT2D eigenvalue weighted by Crippen LogP contribution is 2.30. The number of pyridine rings is 1. The molecule has 0 unspecified atom stereocenters. The molecule has 3 aromatic rings. The van der Waals surface area contributed by atoms with E-state index in [0.717, 1.165) is 55.4 Å². The standard InChI is InChI=1S/C22H26ClN7O/c23-17-5-3-15(4-6-17)12-19-14-31-20-16(2-1-9-25-20)13-30(19)18-7-10-29(11-8-18)22-26-21(24)27-28-22/h1-6,9,18-19H,7-8,10-14H2,(H3,24,26,27,28)/t19-/m0/s1. The fourth-order valence-electron chi connectivity index (χ4n) is 4.57. The number of piperidine rings is 1. The zero-order valence-electron chi connectivity index (χ0n) is 17.2. The first kappa shape index (κ1) is 20.1. The Hall–Kier alpha value is -2.84. The second-order valence-corrected chi connectivity index (χ2v) is 8.61. The van der Waals surface area contributed by atoms with Gasteiger partial charge in [-0.05, 0) is 43.0 Å². The lowest BCUT2D eigenvalue weighted by Crippen LogP contribution is -2.50. The predicted molar refractivity (Wildman–Crippen MR) is 120 cm³/mol. The molecule has 2 aliphatic rings. The van der Waals surface area contributed by atoms with Crippen molar-refractivity contribution in [3.05, 3.63) is 58.7 Å². The van der Waals surface area contributed by atoms with E-state index in [-0.39, 0.29) is 6.04 Å². The van der Waals surface area contributed by atoms with E-state index in [0.29, 0.717) is 24.5 Å². The molecule has 5 rings (SSSR count). The number of nitrogen functional groups attached to an aromatic ring is 1. The van der Waals surface area contributed by atoms with Gasteiger partial charge in [-0.1, -0.05) is 29.8 Å². The summed E-state index contributed by atoms with van der Waals surface area (Å²) in [7, 11) is 0. The Balaban J connectivity index is 1.35. The van der Waals surface area contributed by atoms with Gasteiger partial charge in [-0.3, -0.25) is 4.90 Å². The molecule has 31 heavy (non-hydrogen) atoms. The molecule has 1 aromatic carbocycles. The average molecular weight is 440 g/mol. The highest BCUT2D eigenvalue weighted by molar-refractivity contribution is 6.30. The topological polar surface area (TPSA) is 96.2 Å². The summed E-state index contributed by atoms with van der Waals surface area (Å²) in [4.78, 5) is 13.5. The van der Waals surface area contributed by atoms with E-state index >= 15 is 0 Å². The van der Waals surface area contributed by atoms with E-state index < -0.39 is 0 Å². The maximum atomic E-state index is 6.14. The Morgan fingerprint density at radius 1 is 1.16 bits per heavy atom. The third-order valence-electron chi connectivity index (χ3n) is 6.18. The van der Waals surface area contributed by atoms with Crippen LogP contribution < -0.4 is 15.4 Å². The summed E-state index contributed by atoms with van der Waals surface area (Å²) in [6.07, 6.45) is 4.76. The van der Waals surface area contributed by atoms with Crippen molar-refractivity contribution in [2.24, 2.45) is 0 Å². The second-order valence-electron chi connectivity index (χ2n) is 8.17. The molecule has 2 aromatic heterocycles. The van der Waals surface area contributed by atoms with E-state index in [1.165, 1.54) is 5.56 Å². The van der Waals surface area contributed by atoms with Crippen molar-refractivity contribution >= 4 is 23.5 Å². The summed E-state index contributed by atoms with van der Waals surface area (Å²) >= 11 is 6.09. The lowest BCUT2D eigenvalue weighted by Gasteiger charge is -2.41. The van der Waals surface area contributed by atoms with Crippen LogP contribution in [0.3, 0.4) is 0 Å². The van der Waals surface area contributed by atoms with Crippen LogP contribution in [0.25, 0.3) is 0 Å². The number of anilines is 2. The van der Waals surface area contributed by atoms with Crippen molar-refractivity contribution in [1.82, 2.24) is 25.1 Å². The molecular weight excluding hydrogens is 414 g/mol. The van der Waals surface area contributed by atoms with Crippen LogP contribution in [0.15, 0.2) is 42.6 Å². The van der Waals surface area contributed by atoms with Gasteiger partial charge in [0.1, 0.15) is 6.61 Å². The van der Waals surface area contributed by atoms with Gasteiger partial charge in [0.05, 0.1) is 0 Å². The molecule has 3 N–H and O–H groups in total. The lowest BCUT2D eigenvalue weighted by molar-refractivity contribution is 0.0827. The Kier molecular flexibility index (Phi) is 5.65. The van der Waals surface area contributed by atoms with E-state index in [4.69, 9.17) is 22.1 Å². The summed E-state index contributed by atoms with van der Waals surface area (Å²) in [5.74, 6) is 1.79. The number of fused-ring (bicyclic) bond motifs is 1. The highest BCUT2D eigenvalue weighted by Gasteiger charge is 2.33. The average Bonchev–Trinajstić information content (AvgIpc) is 3.15. The molecule has 0 aliphatic carbocycles. The van der Waals surface area contributed by atoms with Gasteiger partial charge in [0, 0.05) is 48.5 Å². The SMILES string of the molecule is Nc1nc(N2CCC(N3Cc4cccnc4OC[C@@H]3Cc3ccc(Cl)cc3)CC2)n[nH]1. The van der Waals surface area contributed by atoms with Crippen LogP contribution in [0.1, 0.15) is 24.0 Å². The van der Waals surface area contributed by atoms with Crippen molar-refractivity contribution < 1.29 is 4.74 Å². The molecule has 0 amide bonds. The minimum Gasteiger partial charge on any atom is -0.476 e. The minimum absolute atomic E-state index is 0.256. The maximum Gasteiger partial charge on any atom is 0.246 e. The van der Waals surface area contributed by atoms with Gasteiger partial charge in [0.15, 0.2) is 0 Å². The van der Waals surface area contributed by atoms with Crippen molar-refractivity contribution in [1.29, 1.82) is 0 Å². The molecule has 0 spiro atoms. The van der Waals surface area contributed by atoms with Gasteiger partial charge in [-0.15, -0.1) is 5.10 Å². The first-order valence-electron chi connectivity index (χ1n) is 10.7. The summed E-state index contributed by atoms with van der Waals surface area (Å²) in [5, 5.41) is 7.70. The predicted octanol–water partition coefficient (Wildman–Crippen LogP) is 2.91. The molecule has 162 valence electrons. The number of rotatable bonds is 4. The van der Waals surface area contributed by atoms with E-state index in [9.17, 15) is 0 Å². The maximum absolute atomic E-state index is 6.14. The van der Waals surface area contributed by atoms with Gasteiger partial charge in [0.2, 0.25) is 17.8 Å². The first-order chi connectivity index (χ1) is 15.2. The molecule has 1 atom stereocenters. The number of benzene rings is 1. The molecule has 0 radical (unpaired) electrons. The summed E-state index contributed by atoms with van der Waals surface area (Å²) in [6.45, 7) is 3.24. The van der Waals surface area contributed by atoms with Crippen LogP contribution in [0.4, 0.5) is 11.9 Å². The van der Waals surface area contributed by atoms with E-state index in [1.54, 1.807) is 6.20 Å². The molecule has 4 heterocycles. The number of H-pyrrole nitrogens is 1. The zero-order chi connectivity index (χ0) is 21.2. The number of nitrogens with one attached hydrogen (secondary N) is 1. The molecule has 2 aliphatic heterocycles. The summed E-state index contributed by atoms with van der Waals surface area (Å²) in [6, 6.07) is 12.9. The number of aromatic nitrogens is 4. The molecule has 0 bridgehead atoms. The number of halogens is 1. The van der Waals surface area contributed by atoms with Gasteiger partial charge in [-0.25, -0.2) is 10.1 Å². The third-order valence-corrected chi connectivity index (χ3v) is 6.43. The fraction of sp³-hybridized carbons (Fsp3) is 0.409. The van der Waals surface area contributed by atoms with Gasteiger partial charge < -0.3 is 15.4 Å². The van der Waals surface area contributed by atoms with Crippen molar-refractivity contribution in [2.75, 3.05) is 30.3 Å². The molecule has 8 nitrogen and oxygen atoms in total. The fourth-order valence-corrected chi connectivity index (χ4v) is 4.70. The largest absolute Gasteiger partial charge is 0.476 e. The van der Waals surface area contributed by atoms with Crippen LogP contribution in [0.5, 0.6) is 5.88 Å². The zero-order valence-corrected chi connectivity index (χ0v) is 18.0. The minimum atomic E-state index is 0.256. The Morgan fingerprint density at radius 3 is 2.71 bits per heavy atom. The van der Waals surface area contributed by atoms with Gasteiger partial charge >= 0.3 is 0 Å². The number of aromatic amines is 1. The van der Waals surface area contributed by atoms with Gasteiger partial charge in [0.25, 0.3) is 0 Å². The van der Waals surface area contributed by atoms with E-state index in [1.807, 2.05) is 18.2 Å². The van der Waals surface area contributed by atoms with Crippen molar-refractivity contribution in [3.63, 3.8) is 0 Å². The quantitative estimate of drug-likeness (QED) is 0.645.